The van der Waals surface area contributed by atoms with Crippen molar-refractivity contribution in [3.05, 3.63) is 59.9 Å². The Labute approximate surface area is 114 Å². The average Bonchev–Trinajstić information content (AvgIpc) is 2.39. The fraction of sp³-hybridized carbons (Fsp3) is 0.312. The third-order valence-electron chi connectivity index (χ3n) is 2.81. The zero-order valence-corrected chi connectivity index (χ0v) is 11.4. The number of hydrogen-bond acceptors (Lipinski definition) is 3. The van der Waals surface area contributed by atoms with Crippen LogP contribution in [0.5, 0.6) is 5.75 Å². The summed E-state index contributed by atoms with van der Waals surface area (Å²) in [5, 5.41) is 0. The molecule has 3 heteroatoms. The third-order valence-corrected chi connectivity index (χ3v) is 2.81. The molecule has 0 saturated carbocycles. The maximum atomic E-state index is 6.23. The Morgan fingerprint density at radius 3 is 2.68 bits per heavy atom. The molecule has 2 rings (SSSR count). The molecule has 19 heavy (non-hydrogen) atoms. The Balaban J connectivity index is 2.08. The first-order chi connectivity index (χ1) is 9.15. The summed E-state index contributed by atoms with van der Waals surface area (Å²) >= 11 is 0. The van der Waals surface area contributed by atoms with Crippen LogP contribution in [0, 0.1) is 0 Å². The Hall–Kier alpha value is -1.87. The molecule has 3 nitrogen and oxygen atoms in total. The van der Waals surface area contributed by atoms with Gasteiger partial charge >= 0.3 is 0 Å². The summed E-state index contributed by atoms with van der Waals surface area (Å²) in [6.45, 7) is 4.03. The highest BCUT2D eigenvalue weighted by atomic mass is 16.5. The lowest BCUT2D eigenvalue weighted by atomic mass is 10.0. The summed E-state index contributed by atoms with van der Waals surface area (Å²) in [7, 11) is 0. The van der Waals surface area contributed by atoms with Crippen molar-refractivity contribution in [1.82, 2.24) is 4.98 Å². The minimum absolute atomic E-state index is 0.0642. The van der Waals surface area contributed by atoms with Crippen LogP contribution in [-0.2, 0) is 6.42 Å². The van der Waals surface area contributed by atoms with Crippen molar-refractivity contribution in [3.63, 3.8) is 0 Å². The van der Waals surface area contributed by atoms with E-state index in [0.717, 1.165) is 23.4 Å². The largest absolute Gasteiger partial charge is 0.491 e. The summed E-state index contributed by atoms with van der Waals surface area (Å²) in [5.74, 6) is 0.865. The van der Waals surface area contributed by atoms with Gasteiger partial charge in [0, 0.05) is 24.4 Å². The fourth-order valence-corrected chi connectivity index (χ4v) is 1.95. The Morgan fingerprint density at radius 2 is 2.00 bits per heavy atom. The molecule has 1 heterocycles. The highest BCUT2D eigenvalue weighted by Crippen LogP contribution is 2.21. The van der Waals surface area contributed by atoms with Gasteiger partial charge in [-0.15, -0.1) is 0 Å². The van der Waals surface area contributed by atoms with Crippen LogP contribution in [0.4, 0.5) is 0 Å². The average molecular weight is 256 g/mol. The Morgan fingerprint density at radius 1 is 1.16 bits per heavy atom. The second kappa shape index (κ2) is 6.34. The minimum atomic E-state index is -0.0642. The van der Waals surface area contributed by atoms with E-state index in [2.05, 4.69) is 4.98 Å². The van der Waals surface area contributed by atoms with Crippen LogP contribution < -0.4 is 10.5 Å². The Bertz CT molecular complexity index is 511. The van der Waals surface area contributed by atoms with E-state index in [1.807, 2.05) is 56.3 Å². The van der Waals surface area contributed by atoms with Crippen molar-refractivity contribution in [1.29, 1.82) is 0 Å². The molecular weight excluding hydrogens is 236 g/mol. The van der Waals surface area contributed by atoms with Gasteiger partial charge in [-0.3, -0.25) is 4.98 Å². The zero-order chi connectivity index (χ0) is 13.7. The van der Waals surface area contributed by atoms with Gasteiger partial charge in [0.05, 0.1) is 6.10 Å². The van der Waals surface area contributed by atoms with E-state index in [9.17, 15) is 0 Å². The van der Waals surface area contributed by atoms with Crippen LogP contribution in [0.15, 0.2) is 48.7 Å². The summed E-state index contributed by atoms with van der Waals surface area (Å²) in [5.41, 5.74) is 8.31. The molecule has 2 aromatic rings. The second-order valence-corrected chi connectivity index (χ2v) is 4.87. The van der Waals surface area contributed by atoms with Crippen LogP contribution in [0.3, 0.4) is 0 Å². The third kappa shape index (κ3) is 4.07. The molecule has 100 valence electrons. The molecule has 1 aromatic heterocycles. The summed E-state index contributed by atoms with van der Waals surface area (Å²) in [6.07, 6.45) is 2.69. The van der Waals surface area contributed by atoms with Gasteiger partial charge in [0.25, 0.3) is 0 Å². The minimum Gasteiger partial charge on any atom is -0.491 e. The van der Waals surface area contributed by atoms with Crippen molar-refractivity contribution in [2.75, 3.05) is 0 Å². The highest BCUT2D eigenvalue weighted by Gasteiger charge is 2.09. The number of pyridine rings is 1. The van der Waals surface area contributed by atoms with E-state index in [1.54, 1.807) is 6.20 Å². The van der Waals surface area contributed by atoms with Crippen LogP contribution in [0.2, 0.25) is 0 Å². The lowest BCUT2D eigenvalue weighted by molar-refractivity contribution is 0.242. The van der Waals surface area contributed by atoms with E-state index in [0.29, 0.717) is 0 Å². The van der Waals surface area contributed by atoms with Gasteiger partial charge in [-0.25, -0.2) is 0 Å². The van der Waals surface area contributed by atoms with Gasteiger partial charge in [0.2, 0.25) is 0 Å². The standard InChI is InChI=1S/C16H20N2O/c1-12(2)19-15-8-5-6-13(10-15)16(17)11-14-7-3-4-9-18-14/h3-10,12,16H,11,17H2,1-2H3. The first-order valence-corrected chi connectivity index (χ1v) is 6.57. The van der Waals surface area contributed by atoms with E-state index < -0.39 is 0 Å². The van der Waals surface area contributed by atoms with E-state index in [-0.39, 0.29) is 12.1 Å². The SMILES string of the molecule is CC(C)Oc1cccc(C(N)Cc2ccccn2)c1. The molecule has 0 fully saturated rings. The van der Waals surface area contributed by atoms with Crippen molar-refractivity contribution in [2.45, 2.75) is 32.4 Å². The summed E-state index contributed by atoms with van der Waals surface area (Å²) in [6, 6.07) is 13.8. The quantitative estimate of drug-likeness (QED) is 0.894. The summed E-state index contributed by atoms with van der Waals surface area (Å²) in [4.78, 5) is 4.30. The molecule has 0 aliphatic rings. The molecule has 0 bridgehead atoms. The molecule has 0 spiro atoms. The predicted molar refractivity (Wildman–Crippen MR) is 77.1 cm³/mol. The number of aromatic nitrogens is 1. The molecule has 1 unspecified atom stereocenters. The van der Waals surface area contributed by atoms with E-state index in [1.165, 1.54) is 0 Å². The predicted octanol–water partition coefficient (Wildman–Crippen LogP) is 3.11. The van der Waals surface area contributed by atoms with Gasteiger partial charge in [-0.05, 0) is 43.7 Å². The monoisotopic (exact) mass is 256 g/mol. The van der Waals surface area contributed by atoms with Crippen LogP contribution >= 0.6 is 0 Å². The zero-order valence-electron chi connectivity index (χ0n) is 11.4. The number of rotatable bonds is 5. The van der Waals surface area contributed by atoms with Crippen LogP contribution in [0.25, 0.3) is 0 Å². The van der Waals surface area contributed by atoms with Gasteiger partial charge in [-0.2, -0.15) is 0 Å². The molecule has 0 amide bonds. The molecule has 2 N–H and O–H groups in total. The Kier molecular flexibility index (Phi) is 4.53. The fourth-order valence-electron chi connectivity index (χ4n) is 1.95. The molecule has 0 aliphatic heterocycles. The van der Waals surface area contributed by atoms with Gasteiger partial charge in [0.1, 0.15) is 5.75 Å². The second-order valence-electron chi connectivity index (χ2n) is 4.87. The van der Waals surface area contributed by atoms with Gasteiger partial charge in [0.15, 0.2) is 0 Å². The first-order valence-electron chi connectivity index (χ1n) is 6.57. The number of nitrogens with zero attached hydrogens (tertiary/aromatic N) is 1. The van der Waals surface area contributed by atoms with Crippen LogP contribution in [0.1, 0.15) is 31.1 Å². The van der Waals surface area contributed by atoms with Crippen molar-refractivity contribution in [3.8, 4) is 5.75 Å². The molecule has 0 radical (unpaired) electrons. The van der Waals surface area contributed by atoms with E-state index >= 15 is 0 Å². The van der Waals surface area contributed by atoms with Crippen molar-refractivity contribution in [2.24, 2.45) is 5.73 Å². The molecular formula is C16H20N2O. The van der Waals surface area contributed by atoms with Gasteiger partial charge in [-0.1, -0.05) is 18.2 Å². The number of nitrogens with two attached hydrogens (primary N) is 1. The van der Waals surface area contributed by atoms with Crippen LogP contribution in [-0.4, -0.2) is 11.1 Å². The first kappa shape index (κ1) is 13.6. The highest BCUT2D eigenvalue weighted by molar-refractivity contribution is 5.31. The molecule has 0 aliphatic carbocycles. The van der Waals surface area contributed by atoms with Crippen molar-refractivity contribution < 1.29 is 4.74 Å². The van der Waals surface area contributed by atoms with Crippen molar-refractivity contribution >= 4 is 0 Å². The smallest absolute Gasteiger partial charge is 0.120 e. The maximum absolute atomic E-state index is 6.23. The molecule has 1 atom stereocenters. The molecule has 0 saturated heterocycles. The summed E-state index contributed by atoms with van der Waals surface area (Å²) < 4.78 is 5.68. The topological polar surface area (TPSA) is 48.1 Å². The molecule has 1 aromatic carbocycles. The number of benzene rings is 1. The normalized spacial score (nSPS) is 12.4. The van der Waals surface area contributed by atoms with Gasteiger partial charge < -0.3 is 10.5 Å². The van der Waals surface area contributed by atoms with E-state index in [4.69, 9.17) is 10.5 Å². The number of hydrogen-bond donors (Lipinski definition) is 1. The maximum Gasteiger partial charge on any atom is 0.120 e. The lowest BCUT2D eigenvalue weighted by Crippen LogP contribution is -2.14. The number of ether oxygens (including phenoxy) is 1. The lowest BCUT2D eigenvalue weighted by Gasteiger charge is -2.15.